The van der Waals surface area contributed by atoms with E-state index in [1.807, 2.05) is 60.4 Å². The van der Waals surface area contributed by atoms with Crippen molar-refractivity contribution in [1.29, 1.82) is 0 Å². The Balaban J connectivity index is 1.33. The highest BCUT2D eigenvalue weighted by Crippen LogP contribution is 2.38. The predicted molar refractivity (Wildman–Crippen MR) is 163 cm³/mol. The van der Waals surface area contributed by atoms with Crippen LogP contribution in [0.1, 0.15) is 61.6 Å². The molecule has 2 aromatic carbocycles. The highest BCUT2D eigenvalue weighted by molar-refractivity contribution is 6.30. The van der Waals surface area contributed by atoms with Crippen LogP contribution in [0.2, 0.25) is 5.02 Å². The maximum absolute atomic E-state index is 13.0. The molecule has 5 rings (SSSR count). The number of pyridine rings is 1. The van der Waals surface area contributed by atoms with Gasteiger partial charge in [0.25, 0.3) is 0 Å². The third-order valence-electron chi connectivity index (χ3n) is 7.86. The molecule has 0 bridgehead atoms. The number of nitrogens with zero attached hydrogens (tertiary/aromatic N) is 3. The van der Waals surface area contributed by atoms with E-state index >= 15 is 0 Å². The largest absolute Gasteiger partial charge is 0.487 e. The molecule has 0 radical (unpaired) electrons. The molecule has 0 unspecified atom stereocenters. The smallest absolute Gasteiger partial charge is 0.317 e. The number of ether oxygens (including phenoxy) is 1. The summed E-state index contributed by atoms with van der Waals surface area (Å²) >= 11 is 6.08. The van der Waals surface area contributed by atoms with E-state index in [1.54, 1.807) is 20.0 Å². The van der Waals surface area contributed by atoms with Gasteiger partial charge in [-0.3, -0.25) is 4.98 Å². The number of nitrogens with one attached hydrogen (secondary N) is 1. The van der Waals surface area contributed by atoms with Crippen molar-refractivity contribution in [3.63, 3.8) is 0 Å². The van der Waals surface area contributed by atoms with Crippen LogP contribution in [-0.4, -0.2) is 58.1 Å². The van der Waals surface area contributed by atoms with Gasteiger partial charge in [0.1, 0.15) is 12.4 Å². The van der Waals surface area contributed by atoms with Gasteiger partial charge in [-0.05, 0) is 80.6 Å². The fourth-order valence-electron chi connectivity index (χ4n) is 5.62. The second kappa shape index (κ2) is 12.6. The summed E-state index contributed by atoms with van der Waals surface area (Å²) in [5.41, 5.74) is 4.96. The van der Waals surface area contributed by atoms with Crippen molar-refractivity contribution in [1.82, 2.24) is 20.1 Å². The number of carbonyl (C=O) groups excluding carboxylic acids is 1. The lowest BCUT2D eigenvalue weighted by Gasteiger charge is -2.29. The van der Waals surface area contributed by atoms with Crippen LogP contribution < -0.4 is 10.1 Å². The van der Waals surface area contributed by atoms with E-state index in [9.17, 15) is 9.90 Å². The molecule has 0 saturated carbocycles. The van der Waals surface area contributed by atoms with Gasteiger partial charge in [-0.15, -0.1) is 0 Å². The van der Waals surface area contributed by atoms with Gasteiger partial charge in [-0.1, -0.05) is 41.9 Å². The first-order chi connectivity index (χ1) is 19.7. The SMILES string of the molecule is CCNC(=O)N(Cc1ccc(Cl)cc1)[C@H]1CCN(CCC=C2c3cc(C(C)(C)O)ccc3OCc3ncccc32)C1. The van der Waals surface area contributed by atoms with Gasteiger partial charge in [0.2, 0.25) is 0 Å². The summed E-state index contributed by atoms with van der Waals surface area (Å²) < 4.78 is 6.14. The number of halogens is 1. The summed E-state index contributed by atoms with van der Waals surface area (Å²) in [7, 11) is 0. The van der Waals surface area contributed by atoms with E-state index in [4.69, 9.17) is 16.3 Å². The topological polar surface area (TPSA) is 77.9 Å². The molecule has 216 valence electrons. The van der Waals surface area contributed by atoms with Gasteiger partial charge in [0, 0.05) is 61.1 Å². The third-order valence-corrected chi connectivity index (χ3v) is 8.11. The van der Waals surface area contributed by atoms with Crippen molar-refractivity contribution >= 4 is 23.2 Å². The number of hydrogen-bond donors (Lipinski definition) is 2. The Hall–Kier alpha value is -3.39. The minimum atomic E-state index is -0.962. The minimum Gasteiger partial charge on any atom is -0.487 e. The molecule has 8 heteroatoms. The second-order valence-electron chi connectivity index (χ2n) is 11.3. The van der Waals surface area contributed by atoms with Gasteiger partial charge in [0.05, 0.1) is 11.3 Å². The highest BCUT2D eigenvalue weighted by Gasteiger charge is 2.31. The van der Waals surface area contributed by atoms with E-state index in [2.05, 4.69) is 27.3 Å². The predicted octanol–water partition coefficient (Wildman–Crippen LogP) is 5.98. The van der Waals surface area contributed by atoms with Crippen molar-refractivity contribution in [3.8, 4) is 5.75 Å². The van der Waals surface area contributed by atoms with E-state index in [0.29, 0.717) is 24.7 Å². The molecule has 2 N–H and O–H groups in total. The summed E-state index contributed by atoms with van der Waals surface area (Å²) in [6.45, 7) is 9.73. The van der Waals surface area contributed by atoms with Gasteiger partial charge < -0.3 is 25.0 Å². The number of aliphatic hydroxyl groups is 1. The number of hydrogen-bond acceptors (Lipinski definition) is 5. The van der Waals surface area contributed by atoms with Crippen LogP contribution in [0.4, 0.5) is 4.79 Å². The van der Waals surface area contributed by atoms with E-state index in [0.717, 1.165) is 71.7 Å². The quantitative estimate of drug-likeness (QED) is 0.346. The molecule has 3 aromatic rings. The second-order valence-corrected chi connectivity index (χ2v) is 11.7. The number of amides is 2. The molecule has 41 heavy (non-hydrogen) atoms. The first kappa shape index (κ1) is 29.1. The van der Waals surface area contributed by atoms with E-state index in [1.165, 1.54) is 0 Å². The standard InChI is InChI=1S/C33H39ClN4O3/c1-4-35-32(39)38(20-23-9-12-25(34)13-10-23)26-15-18-37(21-26)17-6-8-27-28-7-5-16-36-30(28)22-41-31-14-11-24(19-29(27)31)33(2,3)40/h5,7-14,16,19,26,40H,4,6,15,17-18,20-22H2,1-3H3,(H,35,39)/t26-/m0/s1. The zero-order valence-electron chi connectivity index (χ0n) is 24.1. The molecule has 1 saturated heterocycles. The lowest BCUT2D eigenvalue weighted by molar-refractivity contribution is 0.0785. The molecular weight excluding hydrogens is 536 g/mol. The van der Waals surface area contributed by atoms with Crippen LogP contribution in [0.25, 0.3) is 5.57 Å². The van der Waals surface area contributed by atoms with Gasteiger partial charge in [-0.2, -0.15) is 0 Å². The number of fused-ring (bicyclic) bond motifs is 2. The molecule has 3 heterocycles. The Morgan fingerprint density at radius 2 is 2.02 bits per heavy atom. The van der Waals surface area contributed by atoms with Crippen LogP contribution >= 0.6 is 11.6 Å². The number of carbonyl (C=O) groups is 1. The number of likely N-dealkylation sites (tertiary alicyclic amines) is 1. The zero-order valence-corrected chi connectivity index (χ0v) is 24.8. The maximum atomic E-state index is 13.0. The molecule has 2 aliphatic rings. The van der Waals surface area contributed by atoms with Crippen LogP contribution in [-0.2, 0) is 18.8 Å². The monoisotopic (exact) mass is 574 g/mol. The zero-order chi connectivity index (χ0) is 29.0. The third kappa shape index (κ3) is 6.92. The first-order valence-corrected chi connectivity index (χ1v) is 14.8. The van der Waals surface area contributed by atoms with Crippen LogP contribution in [0.15, 0.2) is 66.9 Å². The average molecular weight is 575 g/mol. The molecule has 0 spiro atoms. The highest BCUT2D eigenvalue weighted by atomic mass is 35.5. The summed E-state index contributed by atoms with van der Waals surface area (Å²) in [6, 6.07) is 17.8. The molecule has 2 amide bonds. The van der Waals surface area contributed by atoms with Crippen molar-refractivity contribution < 1.29 is 14.6 Å². The fraction of sp³-hybridized carbons (Fsp3) is 0.394. The van der Waals surface area contributed by atoms with Crippen LogP contribution in [0.3, 0.4) is 0 Å². The van der Waals surface area contributed by atoms with E-state index < -0.39 is 5.60 Å². The molecule has 1 atom stereocenters. The summed E-state index contributed by atoms with van der Waals surface area (Å²) in [5, 5.41) is 14.4. The Kier molecular flexibility index (Phi) is 8.97. The Morgan fingerprint density at radius 1 is 1.22 bits per heavy atom. The molecule has 7 nitrogen and oxygen atoms in total. The van der Waals surface area contributed by atoms with Gasteiger partial charge >= 0.3 is 6.03 Å². The van der Waals surface area contributed by atoms with Crippen molar-refractivity contribution in [2.24, 2.45) is 0 Å². The van der Waals surface area contributed by atoms with Gasteiger partial charge in [-0.25, -0.2) is 4.79 Å². The number of aromatic nitrogens is 1. The number of rotatable bonds is 8. The molecule has 2 aliphatic heterocycles. The van der Waals surface area contributed by atoms with Gasteiger partial charge in [0.15, 0.2) is 0 Å². The summed E-state index contributed by atoms with van der Waals surface area (Å²) in [4.78, 5) is 22.0. The lowest BCUT2D eigenvalue weighted by atomic mass is 9.90. The van der Waals surface area contributed by atoms with Crippen molar-refractivity contribution in [2.75, 3.05) is 26.2 Å². The average Bonchev–Trinajstić information content (AvgIpc) is 3.36. The molecule has 1 aromatic heterocycles. The first-order valence-electron chi connectivity index (χ1n) is 14.4. The van der Waals surface area contributed by atoms with Crippen LogP contribution in [0.5, 0.6) is 5.75 Å². The minimum absolute atomic E-state index is 0.0294. The Bertz CT molecular complexity index is 1400. The Morgan fingerprint density at radius 3 is 2.78 bits per heavy atom. The van der Waals surface area contributed by atoms with Crippen molar-refractivity contribution in [2.45, 2.75) is 58.4 Å². The number of benzene rings is 2. The number of urea groups is 1. The lowest BCUT2D eigenvalue weighted by Crippen LogP contribution is -2.46. The maximum Gasteiger partial charge on any atom is 0.317 e. The molecular formula is C33H39ClN4O3. The van der Waals surface area contributed by atoms with E-state index in [-0.39, 0.29) is 12.1 Å². The summed E-state index contributed by atoms with van der Waals surface area (Å²) in [6.07, 6.45) is 5.83. The summed E-state index contributed by atoms with van der Waals surface area (Å²) in [5.74, 6) is 0.795. The molecule has 1 fully saturated rings. The van der Waals surface area contributed by atoms with Crippen LogP contribution in [0, 0.1) is 0 Å². The molecule has 0 aliphatic carbocycles. The fourth-order valence-corrected chi connectivity index (χ4v) is 5.75. The van der Waals surface area contributed by atoms with Crippen molar-refractivity contribution in [3.05, 3.63) is 99.8 Å². The normalized spacial score (nSPS) is 17.9. The Labute approximate surface area is 247 Å².